The third-order valence-corrected chi connectivity index (χ3v) is 4.85. The topological polar surface area (TPSA) is 51.6 Å². The van der Waals surface area contributed by atoms with E-state index in [9.17, 15) is 0 Å². The van der Waals surface area contributed by atoms with E-state index in [1.165, 1.54) is 0 Å². The number of nitrogens with zero attached hydrogens (tertiary/aromatic N) is 4. The minimum absolute atomic E-state index is 0.613. The fourth-order valence-corrected chi connectivity index (χ4v) is 2.92. The van der Waals surface area contributed by atoms with Crippen molar-refractivity contribution in [2.45, 2.75) is 37.5 Å². The lowest BCUT2D eigenvalue weighted by atomic mass is 9.98. The highest BCUT2D eigenvalue weighted by atomic mass is 32.2. The standard InChI is InChI=1S/C19H22N4S/c1-14(8-10-19-21-12-16(24-2)13-22-19)7-9-15-11-20-17-5-3-4-6-18(17)23-15/h3-6,11-14H,7-10H2,1-2H3. The minimum Gasteiger partial charge on any atom is -0.253 e. The van der Waals surface area contributed by atoms with Crippen LogP contribution in [0.5, 0.6) is 0 Å². The van der Waals surface area contributed by atoms with E-state index in [2.05, 4.69) is 21.9 Å². The third-order valence-electron chi connectivity index (χ3n) is 4.17. The summed E-state index contributed by atoms with van der Waals surface area (Å²) in [6, 6.07) is 8.01. The molecule has 0 aliphatic carbocycles. The molecule has 1 aromatic carbocycles. The molecule has 0 spiro atoms. The second-order valence-corrected chi connectivity index (χ2v) is 6.95. The number of fused-ring (bicyclic) bond motifs is 1. The lowest BCUT2D eigenvalue weighted by Crippen LogP contribution is -2.03. The highest BCUT2D eigenvalue weighted by Crippen LogP contribution is 2.16. The van der Waals surface area contributed by atoms with E-state index in [1.807, 2.05) is 49.1 Å². The van der Waals surface area contributed by atoms with Crippen molar-refractivity contribution in [2.75, 3.05) is 6.26 Å². The molecule has 124 valence electrons. The molecule has 1 atom stereocenters. The van der Waals surface area contributed by atoms with Gasteiger partial charge in [0.2, 0.25) is 0 Å². The summed E-state index contributed by atoms with van der Waals surface area (Å²) in [6.07, 6.45) is 11.8. The predicted molar refractivity (Wildman–Crippen MR) is 99.2 cm³/mol. The van der Waals surface area contributed by atoms with Gasteiger partial charge in [-0.25, -0.2) is 15.0 Å². The highest BCUT2D eigenvalue weighted by molar-refractivity contribution is 7.98. The second kappa shape index (κ2) is 8.20. The molecule has 0 amide bonds. The zero-order chi connectivity index (χ0) is 16.8. The number of aryl methyl sites for hydroxylation is 2. The largest absolute Gasteiger partial charge is 0.253 e. The van der Waals surface area contributed by atoms with Gasteiger partial charge in [-0.15, -0.1) is 11.8 Å². The summed E-state index contributed by atoms with van der Waals surface area (Å²) >= 11 is 1.67. The fraction of sp³-hybridized carbons (Fsp3) is 0.368. The molecule has 5 heteroatoms. The average Bonchev–Trinajstić information content (AvgIpc) is 2.65. The van der Waals surface area contributed by atoms with Gasteiger partial charge in [0, 0.05) is 29.9 Å². The first kappa shape index (κ1) is 16.8. The van der Waals surface area contributed by atoms with Crippen molar-refractivity contribution in [1.29, 1.82) is 0 Å². The van der Waals surface area contributed by atoms with Gasteiger partial charge in [0.15, 0.2) is 0 Å². The zero-order valence-electron chi connectivity index (χ0n) is 14.1. The number of benzene rings is 1. The van der Waals surface area contributed by atoms with Crippen LogP contribution in [0.15, 0.2) is 47.8 Å². The first-order valence-electron chi connectivity index (χ1n) is 8.30. The van der Waals surface area contributed by atoms with Gasteiger partial charge >= 0.3 is 0 Å². The summed E-state index contributed by atoms with van der Waals surface area (Å²) in [5, 5.41) is 0. The van der Waals surface area contributed by atoms with Crippen molar-refractivity contribution < 1.29 is 0 Å². The molecule has 3 aromatic rings. The van der Waals surface area contributed by atoms with E-state index in [-0.39, 0.29) is 0 Å². The van der Waals surface area contributed by atoms with E-state index in [4.69, 9.17) is 4.98 Å². The van der Waals surface area contributed by atoms with Crippen LogP contribution in [0.2, 0.25) is 0 Å². The molecule has 0 radical (unpaired) electrons. The first-order valence-corrected chi connectivity index (χ1v) is 9.52. The van der Waals surface area contributed by atoms with Gasteiger partial charge in [0.1, 0.15) is 5.82 Å². The molecular formula is C19H22N4S. The zero-order valence-corrected chi connectivity index (χ0v) is 15.0. The Morgan fingerprint density at radius 1 is 0.917 bits per heavy atom. The Balaban J connectivity index is 1.49. The highest BCUT2D eigenvalue weighted by Gasteiger charge is 2.07. The molecule has 2 aromatic heterocycles. The Hall–Kier alpha value is -2.01. The van der Waals surface area contributed by atoms with Crippen LogP contribution in [0.25, 0.3) is 11.0 Å². The lowest BCUT2D eigenvalue weighted by molar-refractivity contribution is 0.484. The van der Waals surface area contributed by atoms with Crippen LogP contribution in [-0.2, 0) is 12.8 Å². The van der Waals surface area contributed by atoms with E-state index in [0.29, 0.717) is 5.92 Å². The van der Waals surface area contributed by atoms with Gasteiger partial charge in [0.05, 0.1) is 16.7 Å². The molecule has 24 heavy (non-hydrogen) atoms. The van der Waals surface area contributed by atoms with E-state index in [0.717, 1.165) is 53.1 Å². The Kier molecular flexibility index (Phi) is 5.75. The van der Waals surface area contributed by atoms with Crippen LogP contribution in [0, 0.1) is 5.92 Å². The number of hydrogen-bond donors (Lipinski definition) is 0. The van der Waals surface area contributed by atoms with Crippen molar-refractivity contribution in [2.24, 2.45) is 5.92 Å². The summed E-state index contributed by atoms with van der Waals surface area (Å²) in [5.74, 6) is 1.55. The van der Waals surface area contributed by atoms with E-state index < -0.39 is 0 Å². The van der Waals surface area contributed by atoms with Crippen LogP contribution in [0.3, 0.4) is 0 Å². The maximum atomic E-state index is 4.70. The summed E-state index contributed by atoms with van der Waals surface area (Å²) in [5.41, 5.74) is 3.01. The van der Waals surface area contributed by atoms with Crippen molar-refractivity contribution >= 4 is 22.8 Å². The third kappa shape index (κ3) is 4.51. The van der Waals surface area contributed by atoms with Gasteiger partial charge in [-0.3, -0.25) is 4.98 Å². The number of para-hydroxylation sites is 2. The molecule has 0 saturated heterocycles. The molecule has 0 bridgehead atoms. The average molecular weight is 338 g/mol. The fourth-order valence-electron chi connectivity index (χ4n) is 2.61. The molecule has 1 unspecified atom stereocenters. The van der Waals surface area contributed by atoms with Crippen LogP contribution in [0.4, 0.5) is 0 Å². The summed E-state index contributed by atoms with van der Waals surface area (Å²) in [7, 11) is 0. The second-order valence-electron chi connectivity index (χ2n) is 6.07. The molecule has 0 fully saturated rings. The number of hydrogen-bond acceptors (Lipinski definition) is 5. The molecule has 3 rings (SSSR count). The first-order chi connectivity index (χ1) is 11.7. The lowest BCUT2D eigenvalue weighted by Gasteiger charge is -2.10. The van der Waals surface area contributed by atoms with E-state index >= 15 is 0 Å². The summed E-state index contributed by atoms with van der Waals surface area (Å²) in [6.45, 7) is 2.28. The van der Waals surface area contributed by atoms with E-state index in [1.54, 1.807) is 11.8 Å². The van der Waals surface area contributed by atoms with Crippen molar-refractivity contribution in [3.8, 4) is 0 Å². The van der Waals surface area contributed by atoms with Gasteiger partial charge in [-0.2, -0.15) is 0 Å². The Bertz CT molecular complexity index is 789. The summed E-state index contributed by atoms with van der Waals surface area (Å²) in [4.78, 5) is 19.1. The van der Waals surface area contributed by atoms with Gasteiger partial charge in [0.25, 0.3) is 0 Å². The number of thioether (sulfide) groups is 1. The van der Waals surface area contributed by atoms with Crippen molar-refractivity contribution in [1.82, 2.24) is 19.9 Å². The normalized spacial score (nSPS) is 12.4. The number of rotatable bonds is 7. The smallest absolute Gasteiger partial charge is 0.128 e. The van der Waals surface area contributed by atoms with Crippen molar-refractivity contribution in [3.63, 3.8) is 0 Å². The Morgan fingerprint density at radius 2 is 1.62 bits per heavy atom. The van der Waals surface area contributed by atoms with Gasteiger partial charge in [-0.05, 0) is 43.6 Å². The van der Waals surface area contributed by atoms with Crippen molar-refractivity contribution in [3.05, 3.63) is 54.4 Å². The molecular weight excluding hydrogens is 316 g/mol. The Morgan fingerprint density at radius 3 is 2.38 bits per heavy atom. The van der Waals surface area contributed by atoms with Crippen LogP contribution in [0.1, 0.15) is 31.3 Å². The molecule has 0 aliphatic heterocycles. The quantitative estimate of drug-likeness (QED) is 0.600. The predicted octanol–water partition coefficient (Wildman–Crippen LogP) is 4.34. The number of aromatic nitrogens is 4. The maximum absolute atomic E-state index is 4.70. The van der Waals surface area contributed by atoms with Gasteiger partial charge < -0.3 is 0 Å². The van der Waals surface area contributed by atoms with Crippen LogP contribution < -0.4 is 0 Å². The minimum atomic E-state index is 0.613. The molecule has 0 N–H and O–H groups in total. The van der Waals surface area contributed by atoms with Crippen LogP contribution >= 0.6 is 11.8 Å². The monoisotopic (exact) mass is 338 g/mol. The van der Waals surface area contributed by atoms with Gasteiger partial charge in [-0.1, -0.05) is 19.1 Å². The molecule has 4 nitrogen and oxygen atoms in total. The molecule has 2 heterocycles. The SMILES string of the molecule is CSc1cnc(CCC(C)CCc2cnc3ccccc3n2)nc1. The maximum Gasteiger partial charge on any atom is 0.128 e. The van der Waals surface area contributed by atoms with Crippen LogP contribution in [-0.4, -0.2) is 26.2 Å². The molecule has 0 aliphatic rings. The Labute approximate surface area is 147 Å². The molecule has 0 saturated carbocycles. The summed E-state index contributed by atoms with van der Waals surface area (Å²) < 4.78 is 0.